The SMILES string of the molecule is CCCCCC(CC)NC1CCc2ccc(NC(C)=O)cc2C1.Cl. The van der Waals surface area contributed by atoms with Gasteiger partial charge >= 0.3 is 0 Å². The normalized spacial score (nSPS) is 17.5. The van der Waals surface area contributed by atoms with E-state index in [1.165, 1.54) is 49.7 Å². The summed E-state index contributed by atoms with van der Waals surface area (Å²) in [6.07, 6.45) is 9.89. The van der Waals surface area contributed by atoms with E-state index in [0.717, 1.165) is 18.5 Å². The van der Waals surface area contributed by atoms with Crippen LogP contribution in [0.3, 0.4) is 0 Å². The molecule has 4 heteroatoms. The first kappa shape index (κ1) is 21.0. The first-order valence-electron chi connectivity index (χ1n) is 9.27. The van der Waals surface area contributed by atoms with E-state index in [-0.39, 0.29) is 18.3 Å². The fourth-order valence-electron chi connectivity index (χ4n) is 3.56. The van der Waals surface area contributed by atoms with Gasteiger partial charge in [0.25, 0.3) is 0 Å². The van der Waals surface area contributed by atoms with Crippen molar-refractivity contribution in [3.63, 3.8) is 0 Å². The van der Waals surface area contributed by atoms with Crippen molar-refractivity contribution < 1.29 is 4.79 Å². The summed E-state index contributed by atoms with van der Waals surface area (Å²) in [7, 11) is 0. The third kappa shape index (κ3) is 6.45. The van der Waals surface area contributed by atoms with Gasteiger partial charge in [-0.05, 0) is 55.4 Å². The lowest BCUT2D eigenvalue weighted by atomic mass is 9.87. The Morgan fingerprint density at radius 2 is 2.04 bits per heavy atom. The average molecular weight is 353 g/mol. The van der Waals surface area contributed by atoms with Gasteiger partial charge in [0.05, 0.1) is 0 Å². The number of unbranched alkanes of at least 4 members (excludes halogenated alkanes) is 2. The second-order valence-corrected chi connectivity index (χ2v) is 6.87. The van der Waals surface area contributed by atoms with Gasteiger partial charge in [-0.2, -0.15) is 0 Å². The third-order valence-corrected chi connectivity index (χ3v) is 4.88. The van der Waals surface area contributed by atoms with Gasteiger partial charge in [0.15, 0.2) is 0 Å². The Balaban J connectivity index is 0.00000288. The molecule has 0 bridgehead atoms. The first-order chi connectivity index (χ1) is 11.1. The van der Waals surface area contributed by atoms with E-state index in [9.17, 15) is 4.79 Å². The summed E-state index contributed by atoms with van der Waals surface area (Å²) in [6, 6.07) is 7.57. The molecule has 0 radical (unpaired) electrons. The van der Waals surface area contributed by atoms with Crippen molar-refractivity contribution in [3.05, 3.63) is 29.3 Å². The lowest BCUT2D eigenvalue weighted by Gasteiger charge is -2.30. The van der Waals surface area contributed by atoms with Gasteiger partial charge in [-0.1, -0.05) is 39.2 Å². The van der Waals surface area contributed by atoms with Crippen LogP contribution in [0.2, 0.25) is 0 Å². The standard InChI is InChI=1S/C20H32N2O.ClH/c1-4-6-7-8-18(5-2)22-20-12-10-16-9-11-19(21-15(3)23)13-17(16)14-20;/h9,11,13,18,20,22H,4-8,10,12,14H2,1-3H3,(H,21,23);1H. The Morgan fingerprint density at radius 3 is 2.71 bits per heavy atom. The molecule has 2 atom stereocenters. The minimum atomic E-state index is -0.00240. The Morgan fingerprint density at radius 1 is 1.25 bits per heavy atom. The number of aryl methyl sites for hydroxylation is 1. The van der Waals surface area contributed by atoms with Crippen molar-refractivity contribution in [2.75, 3.05) is 5.32 Å². The number of amides is 1. The molecule has 0 heterocycles. The summed E-state index contributed by atoms with van der Waals surface area (Å²) >= 11 is 0. The highest BCUT2D eigenvalue weighted by Gasteiger charge is 2.21. The molecule has 0 saturated carbocycles. The Hall–Kier alpha value is -1.06. The van der Waals surface area contributed by atoms with Crippen LogP contribution in [0.5, 0.6) is 0 Å². The topological polar surface area (TPSA) is 41.1 Å². The van der Waals surface area contributed by atoms with E-state index in [0.29, 0.717) is 12.1 Å². The predicted molar refractivity (Wildman–Crippen MR) is 105 cm³/mol. The third-order valence-electron chi connectivity index (χ3n) is 4.88. The largest absolute Gasteiger partial charge is 0.326 e. The van der Waals surface area contributed by atoms with Gasteiger partial charge in [-0.25, -0.2) is 0 Å². The zero-order valence-corrected chi connectivity index (χ0v) is 16.2. The number of carbonyl (C=O) groups is 1. The molecule has 2 N–H and O–H groups in total. The number of rotatable bonds is 8. The number of carbonyl (C=O) groups excluding carboxylic acids is 1. The Kier molecular flexibility index (Phi) is 9.38. The van der Waals surface area contributed by atoms with E-state index in [1.807, 2.05) is 6.07 Å². The number of hydrogen-bond acceptors (Lipinski definition) is 2. The maximum Gasteiger partial charge on any atom is 0.221 e. The molecule has 3 nitrogen and oxygen atoms in total. The molecule has 2 unspecified atom stereocenters. The highest BCUT2D eigenvalue weighted by atomic mass is 35.5. The summed E-state index contributed by atoms with van der Waals surface area (Å²) in [4.78, 5) is 11.2. The summed E-state index contributed by atoms with van der Waals surface area (Å²) < 4.78 is 0. The lowest BCUT2D eigenvalue weighted by molar-refractivity contribution is -0.114. The molecular weight excluding hydrogens is 320 g/mol. The second kappa shape index (κ2) is 10.7. The fourth-order valence-corrected chi connectivity index (χ4v) is 3.56. The van der Waals surface area contributed by atoms with Crippen LogP contribution in [-0.4, -0.2) is 18.0 Å². The molecule has 1 aliphatic rings. The highest BCUT2D eigenvalue weighted by molar-refractivity contribution is 5.88. The predicted octanol–water partition coefficient (Wildman–Crippen LogP) is 4.87. The summed E-state index contributed by atoms with van der Waals surface area (Å²) in [5, 5.41) is 6.77. The first-order valence-corrected chi connectivity index (χ1v) is 9.27. The van der Waals surface area contributed by atoms with Gasteiger partial charge in [0, 0.05) is 24.7 Å². The zero-order chi connectivity index (χ0) is 16.7. The van der Waals surface area contributed by atoms with Crippen LogP contribution in [0.15, 0.2) is 18.2 Å². The van der Waals surface area contributed by atoms with E-state index in [4.69, 9.17) is 0 Å². The Bertz CT molecular complexity index is 518. The summed E-state index contributed by atoms with van der Waals surface area (Å²) in [5.74, 6) is -0.00240. The number of halogens is 1. The molecular formula is C20H33ClN2O. The van der Waals surface area contributed by atoms with Crippen LogP contribution in [0.25, 0.3) is 0 Å². The van der Waals surface area contributed by atoms with Crippen molar-refractivity contribution >= 4 is 24.0 Å². The molecule has 0 aliphatic heterocycles. The van der Waals surface area contributed by atoms with Gasteiger partial charge in [-0.15, -0.1) is 12.4 Å². The molecule has 1 aromatic rings. The molecule has 1 amide bonds. The van der Waals surface area contributed by atoms with Crippen molar-refractivity contribution in [2.24, 2.45) is 0 Å². The monoisotopic (exact) mass is 352 g/mol. The van der Waals surface area contributed by atoms with Crippen molar-refractivity contribution in [1.82, 2.24) is 5.32 Å². The molecule has 1 aliphatic carbocycles. The van der Waals surface area contributed by atoms with E-state index in [2.05, 4.69) is 36.6 Å². The van der Waals surface area contributed by atoms with Crippen molar-refractivity contribution in [2.45, 2.75) is 84.2 Å². The maximum atomic E-state index is 11.2. The zero-order valence-electron chi connectivity index (χ0n) is 15.4. The van der Waals surface area contributed by atoms with Crippen molar-refractivity contribution in [1.29, 1.82) is 0 Å². The van der Waals surface area contributed by atoms with Crippen LogP contribution in [0, 0.1) is 0 Å². The number of fused-ring (bicyclic) bond motifs is 1. The quantitative estimate of drug-likeness (QED) is 0.655. The molecule has 0 saturated heterocycles. The number of nitrogens with one attached hydrogen (secondary N) is 2. The number of benzene rings is 1. The molecule has 136 valence electrons. The Labute approximate surface area is 153 Å². The van der Waals surface area contributed by atoms with Crippen LogP contribution in [0.4, 0.5) is 5.69 Å². The molecule has 2 rings (SSSR count). The van der Waals surface area contributed by atoms with Crippen LogP contribution < -0.4 is 10.6 Å². The van der Waals surface area contributed by atoms with Crippen molar-refractivity contribution in [3.8, 4) is 0 Å². The minimum Gasteiger partial charge on any atom is -0.326 e. The van der Waals surface area contributed by atoms with E-state index in [1.54, 1.807) is 6.92 Å². The van der Waals surface area contributed by atoms with E-state index >= 15 is 0 Å². The lowest BCUT2D eigenvalue weighted by Crippen LogP contribution is -2.41. The highest BCUT2D eigenvalue weighted by Crippen LogP contribution is 2.25. The van der Waals surface area contributed by atoms with E-state index < -0.39 is 0 Å². The molecule has 24 heavy (non-hydrogen) atoms. The number of hydrogen-bond donors (Lipinski definition) is 2. The molecule has 0 spiro atoms. The number of anilines is 1. The molecule has 1 aromatic carbocycles. The second-order valence-electron chi connectivity index (χ2n) is 6.87. The summed E-state index contributed by atoms with van der Waals surface area (Å²) in [5.41, 5.74) is 3.76. The summed E-state index contributed by atoms with van der Waals surface area (Å²) in [6.45, 7) is 6.11. The molecule has 0 fully saturated rings. The van der Waals surface area contributed by atoms with Crippen LogP contribution in [-0.2, 0) is 17.6 Å². The van der Waals surface area contributed by atoms with Gasteiger partial charge in [-0.3, -0.25) is 4.79 Å². The van der Waals surface area contributed by atoms with Gasteiger partial charge in [0.2, 0.25) is 5.91 Å². The van der Waals surface area contributed by atoms with Crippen LogP contribution >= 0.6 is 12.4 Å². The maximum absolute atomic E-state index is 11.2. The molecule has 0 aromatic heterocycles. The smallest absolute Gasteiger partial charge is 0.221 e. The fraction of sp³-hybridized carbons (Fsp3) is 0.650. The minimum absolute atomic E-state index is 0. The van der Waals surface area contributed by atoms with Gasteiger partial charge in [0.1, 0.15) is 0 Å². The van der Waals surface area contributed by atoms with Crippen LogP contribution in [0.1, 0.15) is 70.4 Å². The van der Waals surface area contributed by atoms with Gasteiger partial charge < -0.3 is 10.6 Å². The average Bonchev–Trinajstić information content (AvgIpc) is 2.53.